The van der Waals surface area contributed by atoms with E-state index in [9.17, 15) is 0 Å². The zero-order valence-corrected chi connectivity index (χ0v) is 10.2. The lowest BCUT2D eigenvalue weighted by Gasteiger charge is -2.39. The Labute approximate surface area is 96.8 Å². The largest absolute Gasteiger partial charge is 0.480 e. The van der Waals surface area contributed by atoms with Gasteiger partial charge in [0.15, 0.2) is 0 Å². The Morgan fingerprint density at radius 2 is 2.25 bits per heavy atom. The lowest BCUT2D eigenvalue weighted by Crippen LogP contribution is -2.50. The van der Waals surface area contributed by atoms with Crippen molar-refractivity contribution in [3.05, 3.63) is 18.3 Å². The van der Waals surface area contributed by atoms with E-state index in [1.807, 2.05) is 6.07 Å². The Balaban J connectivity index is 2.23. The predicted octanol–water partition coefficient (Wildman–Crippen LogP) is 1.23. The lowest BCUT2D eigenvalue weighted by atomic mass is 10.2. The molecule has 1 aliphatic heterocycles. The van der Waals surface area contributed by atoms with Crippen molar-refractivity contribution in [2.75, 3.05) is 38.7 Å². The maximum atomic E-state index is 5.31. The number of methoxy groups -OCH3 is 1. The van der Waals surface area contributed by atoms with Crippen molar-refractivity contribution in [3.8, 4) is 5.88 Å². The van der Waals surface area contributed by atoms with Crippen LogP contribution in [0.15, 0.2) is 18.3 Å². The Bertz CT molecular complexity index is 356. The number of hydrogen-bond donors (Lipinski definition) is 0. The summed E-state index contributed by atoms with van der Waals surface area (Å²) in [6.45, 7) is 5.43. The molecule has 1 atom stereocenters. The predicted molar refractivity (Wildman–Crippen MR) is 65.1 cm³/mol. The van der Waals surface area contributed by atoms with Gasteiger partial charge in [0.1, 0.15) is 5.69 Å². The van der Waals surface area contributed by atoms with Gasteiger partial charge in [0, 0.05) is 31.9 Å². The zero-order valence-electron chi connectivity index (χ0n) is 10.2. The molecule has 0 aromatic carbocycles. The van der Waals surface area contributed by atoms with E-state index in [4.69, 9.17) is 4.74 Å². The molecule has 0 saturated carbocycles. The second-order valence-electron chi connectivity index (χ2n) is 4.34. The molecule has 88 valence electrons. The normalized spacial score (nSPS) is 22.2. The van der Waals surface area contributed by atoms with Gasteiger partial charge in [0.25, 0.3) is 0 Å². The fraction of sp³-hybridized carbons (Fsp3) is 0.583. The van der Waals surface area contributed by atoms with Crippen LogP contribution < -0.4 is 9.64 Å². The van der Waals surface area contributed by atoms with Crippen molar-refractivity contribution in [1.29, 1.82) is 0 Å². The number of aromatic nitrogens is 1. The van der Waals surface area contributed by atoms with Gasteiger partial charge in [-0.25, -0.2) is 4.98 Å². The molecule has 4 heteroatoms. The average Bonchev–Trinajstić information content (AvgIpc) is 2.29. The van der Waals surface area contributed by atoms with Crippen LogP contribution in [0.1, 0.15) is 6.92 Å². The summed E-state index contributed by atoms with van der Waals surface area (Å²) in [4.78, 5) is 8.97. The van der Waals surface area contributed by atoms with Crippen LogP contribution in [0.3, 0.4) is 0 Å². The third kappa shape index (κ3) is 2.11. The molecule has 1 fully saturated rings. The Kier molecular flexibility index (Phi) is 3.29. The number of nitrogens with zero attached hydrogens (tertiary/aromatic N) is 3. The first-order valence-electron chi connectivity index (χ1n) is 5.66. The van der Waals surface area contributed by atoms with Crippen LogP contribution in [0.4, 0.5) is 5.69 Å². The van der Waals surface area contributed by atoms with E-state index in [-0.39, 0.29) is 0 Å². The highest BCUT2D eigenvalue weighted by Gasteiger charge is 2.24. The Morgan fingerprint density at radius 1 is 1.44 bits per heavy atom. The van der Waals surface area contributed by atoms with Gasteiger partial charge in [-0.05, 0) is 26.1 Å². The van der Waals surface area contributed by atoms with Crippen LogP contribution in [0.2, 0.25) is 0 Å². The standard InChI is InChI=1S/C12H19N3O/c1-10-9-14(2)7-8-15(10)11-5-4-6-13-12(11)16-3/h4-6,10H,7-9H2,1-3H3/t10-/m0/s1. The maximum Gasteiger partial charge on any atom is 0.237 e. The van der Waals surface area contributed by atoms with Gasteiger partial charge in [-0.15, -0.1) is 0 Å². The van der Waals surface area contributed by atoms with Gasteiger partial charge in [0.05, 0.1) is 7.11 Å². The van der Waals surface area contributed by atoms with E-state index in [1.165, 1.54) is 0 Å². The molecule has 0 unspecified atom stereocenters. The highest BCUT2D eigenvalue weighted by atomic mass is 16.5. The number of anilines is 1. The minimum Gasteiger partial charge on any atom is -0.480 e. The molecule has 0 spiro atoms. The van der Waals surface area contributed by atoms with Crippen LogP contribution in [0.5, 0.6) is 5.88 Å². The number of ether oxygens (including phenoxy) is 1. The smallest absolute Gasteiger partial charge is 0.237 e. The minimum absolute atomic E-state index is 0.497. The first-order chi connectivity index (χ1) is 7.72. The van der Waals surface area contributed by atoms with E-state index < -0.39 is 0 Å². The molecule has 0 N–H and O–H groups in total. The molecule has 0 bridgehead atoms. The van der Waals surface area contributed by atoms with E-state index in [2.05, 4.69) is 34.8 Å². The SMILES string of the molecule is COc1ncccc1N1CCN(C)C[C@@H]1C. The zero-order chi connectivity index (χ0) is 11.5. The number of rotatable bonds is 2. The number of pyridine rings is 1. The van der Waals surface area contributed by atoms with Gasteiger partial charge in [-0.2, -0.15) is 0 Å². The van der Waals surface area contributed by atoms with Gasteiger partial charge in [-0.3, -0.25) is 0 Å². The van der Waals surface area contributed by atoms with Gasteiger partial charge in [-0.1, -0.05) is 0 Å². The minimum atomic E-state index is 0.497. The van der Waals surface area contributed by atoms with Crippen molar-refractivity contribution >= 4 is 5.69 Å². The second-order valence-corrected chi connectivity index (χ2v) is 4.34. The fourth-order valence-electron chi connectivity index (χ4n) is 2.26. The summed E-state index contributed by atoms with van der Waals surface area (Å²) in [5.74, 6) is 0.721. The topological polar surface area (TPSA) is 28.6 Å². The highest BCUT2D eigenvalue weighted by Crippen LogP contribution is 2.28. The van der Waals surface area contributed by atoms with Crippen molar-refractivity contribution in [2.24, 2.45) is 0 Å². The highest BCUT2D eigenvalue weighted by molar-refractivity contribution is 5.55. The number of hydrogen-bond acceptors (Lipinski definition) is 4. The molecular weight excluding hydrogens is 202 g/mol. The van der Waals surface area contributed by atoms with Crippen molar-refractivity contribution in [2.45, 2.75) is 13.0 Å². The van der Waals surface area contributed by atoms with E-state index in [0.717, 1.165) is 31.2 Å². The number of likely N-dealkylation sites (N-methyl/N-ethyl adjacent to an activating group) is 1. The first kappa shape index (κ1) is 11.2. The van der Waals surface area contributed by atoms with Crippen LogP contribution in [0, 0.1) is 0 Å². The van der Waals surface area contributed by atoms with Crippen LogP contribution >= 0.6 is 0 Å². The van der Waals surface area contributed by atoms with E-state index in [1.54, 1.807) is 13.3 Å². The molecule has 0 radical (unpaired) electrons. The molecule has 0 amide bonds. The van der Waals surface area contributed by atoms with Crippen molar-refractivity contribution < 1.29 is 4.74 Å². The van der Waals surface area contributed by atoms with E-state index in [0.29, 0.717) is 6.04 Å². The summed E-state index contributed by atoms with van der Waals surface area (Å²) in [7, 11) is 3.83. The second kappa shape index (κ2) is 4.70. The van der Waals surface area contributed by atoms with Crippen molar-refractivity contribution in [1.82, 2.24) is 9.88 Å². The molecule has 4 nitrogen and oxygen atoms in total. The summed E-state index contributed by atoms with van der Waals surface area (Å²) in [6, 6.07) is 4.54. The van der Waals surface area contributed by atoms with Crippen LogP contribution in [-0.4, -0.2) is 49.7 Å². The van der Waals surface area contributed by atoms with Crippen molar-refractivity contribution in [3.63, 3.8) is 0 Å². The molecule has 1 saturated heterocycles. The summed E-state index contributed by atoms with van der Waals surface area (Å²) >= 11 is 0. The molecule has 0 aliphatic carbocycles. The lowest BCUT2D eigenvalue weighted by molar-refractivity contribution is 0.273. The fourth-order valence-corrected chi connectivity index (χ4v) is 2.26. The molecular formula is C12H19N3O. The van der Waals surface area contributed by atoms with Crippen LogP contribution in [-0.2, 0) is 0 Å². The van der Waals surface area contributed by atoms with Crippen LogP contribution in [0.25, 0.3) is 0 Å². The van der Waals surface area contributed by atoms with E-state index >= 15 is 0 Å². The maximum absolute atomic E-state index is 5.31. The van der Waals surface area contributed by atoms with Gasteiger partial charge >= 0.3 is 0 Å². The first-order valence-corrected chi connectivity index (χ1v) is 5.66. The summed E-state index contributed by atoms with van der Waals surface area (Å²) in [6.07, 6.45) is 1.77. The van der Waals surface area contributed by atoms with Gasteiger partial charge in [0.2, 0.25) is 5.88 Å². The molecule has 16 heavy (non-hydrogen) atoms. The Hall–Kier alpha value is -1.29. The summed E-state index contributed by atoms with van der Waals surface area (Å²) in [5.41, 5.74) is 1.10. The van der Waals surface area contributed by atoms with Gasteiger partial charge < -0.3 is 14.5 Å². The Morgan fingerprint density at radius 3 is 2.94 bits per heavy atom. The molecule has 1 aromatic heterocycles. The molecule has 1 aliphatic rings. The monoisotopic (exact) mass is 221 g/mol. The molecule has 2 heterocycles. The average molecular weight is 221 g/mol. The third-order valence-corrected chi connectivity index (χ3v) is 3.08. The molecule has 1 aromatic rings. The third-order valence-electron chi connectivity index (χ3n) is 3.08. The number of piperazine rings is 1. The quantitative estimate of drug-likeness (QED) is 0.751. The summed E-state index contributed by atoms with van der Waals surface area (Å²) in [5, 5.41) is 0. The molecule has 2 rings (SSSR count). The summed E-state index contributed by atoms with van der Waals surface area (Å²) < 4.78 is 5.31.